The fraction of sp³-hybridized carbons (Fsp3) is 0.667. The van der Waals surface area contributed by atoms with Gasteiger partial charge in [0.25, 0.3) is 0 Å². The molecule has 0 aliphatic carbocycles. The molecule has 1 aromatic heterocycles. The number of hydrogen-bond donors (Lipinski definition) is 2. The number of aromatic nitrogens is 1. The number of nitrogens with zero attached hydrogens (tertiary/aromatic N) is 1. The van der Waals surface area contributed by atoms with E-state index in [0.717, 1.165) is 12.1 Å². The summed E-state index contributed by atoms with van der Waals surface area (Å²) in [7, 11) is 1.89. The van der Waals surface area contributed by atoms with Gasteiger partial charge in [-0.1, -0.05) is 13.8 Å². The van der Waals surface area contributed by atoms with Gasteiger partial charge in [-0.15, -0.1) is 11.3 Å². The van der Waals surface area contributed by atoms with E-state index >= 15 is 0 Å². The minimum atomic E-state index is 0.0525. The lowest BCUT2D eigenvalue weighted by Crippen LogP contribution is -2.14. The van der Waals surface area contributed by atoms with Crippen molar-refractivity contribution in [3.8, 4) is 0 Å². The molecule has 0 aliphatic rings. The van der Waals surface area contributed by atoms with Crippen LogP contribution in [0.2, 0.25) is 0 Å². The number of hydrogen-bond acceptors (Lipinski definition) is 4. The minimum Gasteiger partial charge on any atom is -0.312 e. The van der Waals surface area contributed by atoms with Crippen LogP contribution in [-0.2, 0) is 4.79 Å². The molecule has 17 heavy (non-hydrogen) atoms. The molecule has 1 atom stereocenters. The third-order valence-corrected chi connectivity index (χ3v) is 3.37. The molecule has 4 nitrogen and oxygen atoms in total. The highest BCUT2D eigenvalue weighted by Crippen LogP contribution is 2.20. The minimum absolute atomic E-state index is 0.0525. The largest absolute Gasteiger partial charge is 0.312 e. The molecule has 96 valence electrons. The Bertz CT molecular complexity index is 362. The van der Waals surface area contributed by atoms with Gasteiger partial charge in [0, 0.05) is 17.8 Å². The molecule has 0 spiro atoms. The fourth-order valence-electron chi connectivity index (χ4n) is 1.29. The van der Waals surface area contributed by atoms with E-state index < -0.39 is 0 Å². The van der Waals surface area contributed by atoms with E-state index in [1.807, 2.05) is 19.4 Å². The lowest BCUT2D eigenvalue weighted by atomic mass is 10.1. The fourth-order valence-corrected chi connectivity index (χ4v) is 2.11. The van der Waals surface area contributed by atoms with E-state index in [2.05, 4.69) is 29.5 Å². The van der Waals surface area contributed by atoms with Crippen LogP contribution in [0.15, 0.2) is 5.38 Å². The Hall–Kier alpha value is -0.940. The number of carbonyl (C=O) groups is 1. The summed E-state index contributed by atoms with van der Waals surface area (Å²) in [6, 6.07) is 0.215. The molecule has 0 fully saturated rings. The topological polar surface area (TPSA) is 54.0 Å². The summed E-state index contributed by atoms with van der Waals surface area (Å²) in [6.45, 7) is 6.27. The number of amides is 1. The zero-order valence-electron chi connectivity index (χ0n) is 10.9. The van der Waals surface area contributed by atoms with E-state index in [0.29, 0.717) is 17.5 Å². The van der Waals surface area contributed by atoms with Crippen molar-refractivity contribution in [3.63, 3.8) is 0 Å². The average molecular weight is 255 g/mol. The summed E-state index contributed by atoms with van der Waals surface area (Å²) in [5.74, 6) is 0.605. The van der Waals surface area contributed by atoms with E-state index in [9.17, 15) is 4.79 Å². The van der Waals surface area contributed by atoms with Crippen LogP contribution in [0.1, 0.15) is 45.3 Å². The summed E-state index contributed by atoms with van der Waals surface area (Å²) in [5, 5.41) is 8.62. The molecule has 1 amide bonds. The van der Waals surface area contributed by atoms with Crippen molar-refractivity contribution in [2.75, 3.05) is 12.4 Å². The predicted molar refractivity (Wildman–Crippen MR) is 72.3 cm³/mol. The molecule has 0 bridgehead atoms. The second-order valence-corrected chi connectivity index (χ2v) is 5.43. The van der Waals surface area contributed by atoms with Gasteiger partial charge >= 0.3 is 0 Å². The highest BCUT2D eigenvalue weighted by Gasteiger charge is 2.10. The van der Waals surface area contributed by atoms with Gasteiger partial charge in [0.05, 0.1) is 5.69 Å². The van der Waals surface area contributed by atoms with Gasteiger partial charge in [-0.2, -0.15) is 0 Å². The molecular weight excluding hydrogens is 234 g/mol. The lowest BCUT2D eigenvalue weighted by Gasteiger charge is -2.06. The molecule has 1 aromatic rings. The Morgan fingerprint density at radius 1 is 1.47 bits per heavy atom. The van der Waals surface area contributed by atoms with Crippen molar-refractivity contribution in [2.45, 2.75) is 39.7 Å². The van der Waals surface area contributed by atoms with E-state index in [1.165, 1.54) is 11.3 Å². The first-order valence-electron chi connectivity index (χ1n) is 5.95. The Labute approximate surface area is 107 Å². The van der Waals surface area contributed by atoms with Crippen molar-refractivity contribution in [1.29, 1.82) is 0 Å². The van der Waals surface area contributed by atoms with E-state index in [4.69, 9.17) is 0 Å². The number of carbonyl (C=O) groups excluding carboxylic acids is 1. The lowest BCUT2D eigenvalue weighted by molar-refractivity contribution is -0.116. The molecule has 1 unspecified atom stereocenters. The maximum absolute atomic E-state index is 11.6. The molecule has 1 rings (SSSR count). The first-order valence-corrected chi connectivity index (χ1v) is 6.83. The summed E-state index contributed by atoms with van der Waals surface area (Å²) in [6.07, 6.45) is 1.48. The molecule has 5 heteroatoms. The van der Waals surface area contributed by atoms with E-state index in [-0.39, 0.29) is 11.9 Å². The summed E-state index contributed by atoms with van der Waals surface area (Å²) < 4.78 is 0. The van der Waals surface area contributed by atoms with Crippen LogP contribution in [0.25, 0.3) is 0 Å². The molecule has 1 heterocycles. The van der Waals surface area contributed by atoms with Gasteiger partial charge in [-0.05, 0) is 26.3 Å². The van der Waals surface area contributed by atoms with Crippen molar-refractivity contribution in [2.24, 2.45) is 5.92 Å². The van der Waals surface area contributed by atoms with Crippen molar-refractivity contribution in [3.05, 3.63) is 11.1 Å². The van der Waals surface area contributed by atoms with Crippen molar-refractivity contribution < 1.29 is 4.79 Å². The quantitative estimate of drug-likeness (QED) is 0.822. The average Bonchev–Trinajstić information content (AvgIpc) is 2.73. The molecule has 0 saturated carbocycles. The predicted octanol–water partition coefficient (Wildman–Crippen LogP) is 2.80. The number of nitrogens with one attached hydrogen (secondary N) is 2. The normalized spacial score (nSPS) is 12.8. The van der Waals surface area contributed by atoms with Crippen LogP contribution in [0.3, 0.4) is 0 Å². The van der Waals surface area contributed by atoms with Gasteiger partial charge in [0.15, 0.2) is 5.13 Å². The number of thiazole rings is 1. The molecular formula is C12H21N3OS. The maximum atomic E-state index is 11.6. The summed E-state index contributed by atoms with van der Waals surface area (Å²) >= 11 is 1.47. The van der Waals surface area contributed by atoms with Crippen molar-refractivity contribution in [1.82, 2.24) is 10.3 Å². The molecule has 0 aliphatic heterocycles. The van der Waals surface area contributed by atoms with Gasteiger partial charge in [0.2, 0.25) is 5.91 Å². The SMILES string of the molecule is CNC(C)c1csc(NC(=O)CCC(C)C)n1. The highest BCUT2D eigenvalue weighted by atomic mass is 32.1. The summed E-state index contributed by atoms with van der Waals surface area (Å²) in [4.78, 5) is 16.0. The number of rotatable bonds is 6. The van der Waals surface area contributed by atoms with Crippen LogP contribution < -0.4 is 10.6 Å². The van der Waals surface area contributed by atoms with Gasteiger partial charge in [-0.3, -0.25) is 4.79 Å². The Balaban J connectivity index is 2.46. The summed E-state index contributed by atoms with van der Waals surface area (Å²) in [5.41, 5.74) is 0.969. The molecule has 2 N–H and O–H groups in total. The third kappa shape index (κ3) is 4.83. The molecule has 0 saturated heterocycles. The highest BCUT2D eigenvalue weighted by molar-refractivity contribution is 7.13. The number of anilines is 1. The molecule has 0 radical (unpaired) electrons. The smallest absolute Gasteiger partial charge is 0.226 e. The zero-order chi connectivity index (χ0) is 12.8. The van der Waals surface area contributed by atoms with Crippen molar-refractivity contribution >= 4 is 22.4 Å². The molecule has 0 aromatic carbocycles. The zero-order valence-corrected chi connectivity index (χ0v) is 11.7. The maximum Gasteiger partial charge on any atom is 0.226 e. The second kappa shape index (κ2) is 6.71. The Morgan fingerprint density at radius 2 is 2.18 bits per heavy atom. The second-order valence-electron chi connectivity index (χ2n) is 4.57. The van der Waals surface area contributed by atoms with Crippen LogP contribution in [-0.4, -0.2) is 17.9 Å². The Morgan fingerprint density at radius 3 is 2.76 bits per heavy atom. The van der Waals surface area contributed by atoms with Gasteiger partial charge in [-0.25, -0.2) is 4.98 Å². The monoisotopic (exact) mass is 255 g/mol. The Kier molecular flexibility index (Phi) is 5.58. The van der Waals surface area contributed by atoms with Crippen LogP contribution in [0, 0.1) is 5.92 Å². The van der Waals surface area contributed by atoms with Crippen LogP contribution >= 0.6 is 11.3 Å². The van der Waals surface area contributed by atoms with Crippen LogP contribution in [0.5, 0.6) is 0 Å². The third-order valence-electron chi connectivity index (χ3n) is 2.59. The standard InChI is InChI=1S/C12H21N3OS/c1-8(2)5-6-11(16)15-12-14-10(7-17-12)9(3)13-4/h7-9,13H,5-6H2,1-4H3,(H,14,15,16). The first-order chi connectivity index (χ1) is 8.02. The van der Waals surface area contributed by atoms with Gasteiger partial charge < -0.3 is 10.6 Å². The first kappa shape index (κ1) is 14.1. The van der Waals surface area contributed by atoms with Crippen LogP contribution in [0.4, 0.5) is 5.13 Å². The van der Waals surface area contributed by atoms with Gasteiger partial charge in [0.1, 0.15) is 0 Å². The van der Waals surface area contributed by atoms with E-state index in [1.54, 1.807) is 0 Å².